The number of aliphatic hydroxyl groups excluding tert-OH is 1. The molecule has 0 saturated carbocycles. The number of nitrogens with zero attached hydrogens (tertiary/aromatic N) is 3. The highest BCUT2D eigenvalue weighted by Crippen LogP contribution is 2.30. The molecule has 0 spiro atoms. The minimum Gasteiger partial charge on any atom is -0.481 e. The molecule has 0 unspecified atom stereocenters. The average molecular weight is 861 g/mol. The molecule has 1 fully saturated rings. The molecule has 0 bridgehead atoms. The quantitative estimate of drug-likeness (QED) is 0.0912. The summed E-state index contributed by atoms with van der Waals surface area (Å²) < 4.78 is 12.0. The lowest BCUT2D eigenvalue weighted by molar-refractivity contribution is -0.145. The van der Waals surface area contributed by atoms with Crippen LogP contribution in [-0.2, 0) is 44.8 Å². The zero-order chi connectivity index (χ0) is 46.1. The first-order chi connectivity index (χ1) is 28.7. The summed E-state index contributed by atoms with van der Waals surface area (Å²) in [5.41, 5.74) is 0.868. The largest absolute Gasteiger partial charge is 0.481 e. The summed E-state index contributed by atoms with van der Waals surface area (Å²) >= 11 is 0. The van der Waals surface area contributed by atoms with Gasteiger partial charge in [-0.1, -0.05) is 85.2 Å². The van der Waals surface area contributed by atoms with Gasteiger partial charge >= 0.3 is 5.97 Å². The van der Waals surface area contributed by atoms with E-state index in [4.69, 9.17) is 14.6 Å². The lowest BCUT2D eigenvalue weighted by Crippen LogP contribution is -2.60. The fourth-order valence-corrected chi connectivity index (χ4v) is 8.82. The number of amides is 5. The van der Waals surface area contributed by atoms with Crippen LogP contribution in [0.5, 0.6) is 0 Å². The van der Waals surface area contributed by atoms with Gasteiger partial charge in [0.15, 0.2) is 0 Å². The predicted octanol–water partition coefficient (Wildman–Crippen LogP) is 3.05. The molecule has 10 atom stereocenters. The van der Waals surface area contributed by atoms with Crippen molar-refractivity contribution >= 4 is 35.5 Å². The van der Waals surface area contributed by atoms with Gasteiger partial charge < -0.3 is 35.2 Å². The molecule has 0 aliphatic carbocycles. The Morgan fingerprint density at radius 3 is 2.00 bits per heavy atom. The smallest absolute Gasteiger partial charge is 0.303 e. The first kappa shape index (κ1) is 53.2. The second-order valence-corrected chi connectivity index (χ2v) is 17.4. The van der Waals surface area contributed by atoms with Crippen LogP contribution in [-0.4, -0.2) is 150 Å². The van der Waals surface area contributed by atoms with E-state index < -0.39 is 84.0 Å². The van der Waals surface area contributed by atoms with Crippen LogP contribution >= 0.6 is 0 Å². The number of nitrogens with one attached hydrogen (secondary N) is 3. The van der Waals surface area contributed by atoms with Gasteiger partial charge in [0.25, 0.3) is 0 Å². The van der Waals surface area contributed by atoms with E-state index in [9.17, 15) is 33.9 Å². The molecular weight excluding hydrogens is 785 g/mol. The van der Waals surface area contributed by atoms with Crippen LogP contribution in [0.1, 0.15) is 99.5 Å². The Kier molecular flexibility index (Phi) is 22.5. The molecule has 1 aromatic carbocycles. The molecular formula is C45H76N6O10. The Balaban J connectivity index is 2.26. The summed E-state index contributed by atoms with van der Waals surface area (Å²) in [6.45, 7) is 15.8. The van der Waals surface area contributed by atoms with Crippen molar-refractivity contribution in [2.24, 2.45) is 23.7 Å². The molecule has 1 aliphatic rings. The van der Waals surface area contributed by atoms with E-state index in [1.807, 2.05) is 83.8 Å². The van der Waals surface area contributed by atoms with Crippen LogP contribution in [0.15, 0.2) is 30.3 Å². The van der Waals surface area contributed by atoms with E-state index in [1.54, 1.807) is 30.9 Å². The number of carboxylic acid groups (broad SMARTS) is 1. The Morgan fingerprint density at radius 2 is 1.48 bits per heavy atom. The normalized spacial score (nSPS) is 18.8. The highest BCUT2D eigenvalue weighted by molar-refractivity contribution is 6.00. The Hall–Kier alpha value is -3.96. The molecule has 0 radical (unpaired) electrons. The maximum absolute atomic E-state index is 14.3. The Morgan fingerprint density at radius 1 is 0.869 bits per heavy atom. The molecule has 346 valence electrons. The second kappa shape index (κ2) is 25.8. The van der Waals surface area contributed by atoms with Crippen LogP contribution in [0.25, 0.3) is 0 Å². The monoisotopic (exact) mass is 861 g/mol. The highest BCUT2D eigenvalue weighted by atomic mass is 16.5. The van der Waals surface area contributed by atoms with Gasteiger partial charge in [-0.3, -0.25) is 43.9 Å². The first-order valence-electron chi connectivity index (χ1n) is 21.9. The fourth-order valence-electron chi connectivity index (χ4n) is 8.82. The molecule has 1 aliphatic heterocycles. The molecule has 1 aromatic rings. The van der Waals surface area contributed by atoms with E-state index in [-0.39, 0.29) is 43.0 Å². The van der Waals surface area contributed by atoms with Crippen LogP contribution in [0.4, 0.5) is 0 Å². The minimum absolute atomic E-state index is 0.0169. The molecule has 5 N–H and O–H groups in total. The molecule has 1 saturated heterocycles. The summed E-state index contributed by atoms with van der Waals surface area (Å²) in [4.78, 5) is 85.4. The van der Waals surface area contributed by atoms with Crippen LogP contribution in [0, 0.1) is 23.7 Å². The molecule has 16 heteroatoms. The average Bonchev–Trinajstić information content (AvgIpc) is 3.68. The number of likely N-dealkylation sites (tertiary alicyclic amines) is 1. The molecule has 61 heavy (non-hydrogen) atoms. The molecule has 5 amide bonds. The molecule has 16 nitrogen and oxygen atoms in total. The van der Waals surface area contributed by atoms with Gasteiger partial charge in [-0.05, 0) is 70.1 Å². The van der Waals surface area contributed by atoms with Gasteiger partial charge in [0.1, 0.15) is 6.04 Å². The number of ether oxygens (including phenoxy) is 2. The van der Waals surface area contributed by atoms with Gasteiger partial charge in [0, 0.05) is 39.8 Å². The standard InChI is InChI=1S/C45H76N6O10/c1-13-29(6)40(50(10)39(28(4)5)45(59)48-44(58)38(27(2)3)49(9)23-18-22-36(54)55)34(60-11)25-35(53)51-24-17-21-33(51)41(61-12)30(7)42(56)47-37(31(8)52)43(57)46-26-32-19-15-14-16-20-32/h14-16,19-20,27-31,33-34,37-41,52H,13,17-18,21-26H2,1-12H3,(H,46,57)(H,47,56)(H,54,55)(H,48,58,59)/t29-,30+,31+,33-,34+,37-,38-,39-,40-,41+/m0/s1. The fraction of sp³-hybridized carbons (Fsp3) is 0.733. The van der Waals surface area contributed by atoms with Crippen molar-refractivity contribution in [1.29, 1.82) is 0 Å². The van der Waals surface area contributed by atoms with E-state index >= 15 is 0 Å². The van der Waals surface area contributed by atoms with E-state index in [0.717, 1.165) is 5.56 Å². The number of carboxylic acids is 1. The Bertz CT molecular complexity index is 1560. The predicted molar refractivity (Wildman–Crippen MR) is 233 cm³/mol. The van der Waals surface area contributed by atoms with Gasteiger partial charge in [0.2, 0.25) is 29.5 Å². The number of aliphatic carboxylic acids is 1. The first-order valence-corrected chi connectivity index (χ1v) is 21.9. The number of hydrogen-bond acceptors (Lipinski definition) is 11. The van der Waals surface area contributed by atoms with Crippen molar-refractivity contribution in [3.05, 3.63) is 35.9 Å². The van der Waals surface area contributed by atoms with Crippen molar-refractivity contribution in [2.75, 3.05) is 41.4 Å². The number of imide groups is 1. The van der Waals surface area contributed by atoms with Crippen molar-refractivity contribution in [3.63, 3.8) is 0 Å². The zero-order valence-corrected chi connectivity index (χ0v) is 38.7. The third kappa shape index (κ3) is 15.4. The van der Waals surface area contributed by atoms with Crippen molar-refractivity contribution < 1.29 is 48.5 Å². The molecule has 0 aromatic heterocycles. The summed E-state index contributed by atoms with van der Waals surface area (Å²) in [7, 11) is 6.60. The number of rotatable bonds is 26. The maximum atomic E-state index is 14.3. The Labute approximate surface area is 363 Å². The van der Waals surface area contributed by atoms with E-state index in [1.165, 1.54) is 14.0 Å². The van der Waals surface area contributed by atoms with E-state index in [0.29, 0.717) is 38.8 Å². The van der Waals surface area contributed by atoms with Gasteiger partial charge in [-0.25, -0.2) is 0 Å². The number of benzene rings is 1. The van der Waals surface area contributed by atoms with Crippen LogP contribution in [0.3, 0.4) is 0 Å². The maximum Gasteiger partial charge on any atom is 0.303 e. The second-order valence-electron chi connectivity index (χ2n) is 17.4. The van der Waals surface area contributed by atoms with E-state index in [2.05, 4.69) is 16.0 Å². The van der Waals surface area contributed by atoms with Crippen molar-refractivity contribution in [2.45, 2.75) is 149 Å². The van der Waals surface area contributed by atoms with Crippen molar-refractivity contribution in [1.82, 2.24) is 30.7 Å². The third-order valence-corrected chi connectivity index (χ3v) is 12.2. The summed E-state index contributed by atoms with van der Waals surface area (Å²) in [5.74, 6) is -4.28. The van der Waals surface area contributed by atoms with Crippen molar-refractivity contribution in [3.8, 4) is 0 Å². The zero-order valence-electron chi connectivity index (χ0n) is 38.7. The number of carbonyl (C=O) groups is 6. The number of carbonyl (C=O) groups excluding carboxylic acids is 5. The molecule has 2 rings (SSSR count). The minimum atomic E-state index is -1.21. The lowest BCUT2D eigenvalue weighted by Gasteiger charge is -2.43. The highest BCUT2D eigenvalue weighted by Gasteiger charge is 2.44. The number of aliphatic hydroxyl groups is 1. The van der Waals surface area contributed by atoms with Gasteiger partial charge in [-0.2, -0.15) is 0 Å². The summed E-state index contributed by atoms with van der Waals surface area (Å²) in [5, 5.41) is 27.7. The summed E-state index contributed by atoms with van der Waals surface area (Å²) in [6, 6.07) is 5.79. The van der Waals surface area contributed by atoms with Gasteiger partial charge in [-0.15, -0.1) is 0 Å². The topological polar surface area (TPSA) is 207 Å². The number of likely N-dealkylation sites (N-methyl/N-ethyl adjacent to an activating group) is 2. The SMILES string of the molecule is CC[C@H](C)[C@@H]([C@@H](CC(=O)N1CCC[C@H]1[C@H](OC)[C@@H](C)C(=O)N[C@H](C(=O)NCc1ccccc1)[C@@H](C)O)OC)N(C)[C@H](C(=O)NC(=O)[C@H](C(C)C)N(C)CCCC(=O)O)C(C)C. The molecule has 1 heterocycles. The third-order valence-electron chi connectivity index (χ3n) is 12.2. The number of hydrogen-bond donors (Lipinski definition) is 5. The van der Waals surface area contributed by atoms with Crippen LogP contribution < -0.4 is 16.0 Å². The lowest BCUT2D eigenvalue weighted by atomic mass is 9.87. The number of methoxy groups -OCH3 is 2. The van der Waals surface area contributed by atoms with Gasteiger partial charge in [0.05, 0.1) is 48.8 Å². The summed E-state index contributed by atoms with van der Waals surface area (Å²) in [6.07, 6.45) is -0.246. The van der Waals surface area contributed by atoms with Crippen LogP contribution in [0.2, 0.25) is 0 Å².